The Balaban J connectivity index is 1.38. The molecule has 7 nitrogen and oxygen atoms in total. The van der Waals surface area contributed by atoms with Crippen LogP contribution in [0.15, 0.2) is 54.6 Å². The minimum atomic E-state index is -0.639. The van der Waals surface area contributed by atoms with Gasteiger partial charge in [-0.25, -0.2) is 9.69 Å². The molecule has 1 atom stereocenters. The molecule has 2 aromatic rings. The van der Waals surface area contributed by atoms with Crippen LogP contribution in [-0.2, 0) is 14.3 Å². The predicted molar refractivity (Wildman–Crippen MR) is 123 cm³/mol. The van der Waals surface area contributed by atoms with Gasteiger partial charge >= 0.3 is 5.97 Å². The van der Waals surface area contributed by atoms with Gasteiger partial charge in [0.2, 0.25) is 5.91 Å². The van der Waals surface area contributed by atoms with Gasteiger partial charge in [0.25, 0.3) is 5.91 Å². The van der Waals surface area contributed by atoms with Gasteiger partial charge in [0, 0.05) is 11.6 Å². The van der Waals surface area contributed by atoms with Gasteiger partial charge in [0.05, 0.1) is 23.7 Å². The smallest absolute Gasteiger partial charge is 0.338 e. The minimum Gasteiger partial charge on any atom is -0.454 e. The number of imide groups is 1. The summed E-state index contributed by atoms with van der Waals surface area (Å²) in [5.74, 6) is -1.39. The lowest BCUT2D eigenvalue weighted by Crippen LogP contribution is -2.45. The number of hydrogen-bond donors (Lipinski definition) is 0. The number of ketones is 1. The summed E-state index contributed by atoms with van der Waals surface area (Å²) in [4.78, 5) is 53.4. The number of carbonyl (C=O) groups is 4. The summed E-state index contributed by atoms with van der Waals surface area (Å²) in [6.45, 7) is -0.358. The molecule has 1 saturated carbocycles. The Kier molecular flexibility index (Phi) is 6.99. The van der Waals surface area contributed by atoms with E-state index in [1.807, 2.05) is 7.05 Å². The molecule has 7 heteroatoms. The quantitative estimate of drug-likeness (QED) is 0.365. The number of esters is 1. The van der Waals surface area contributed by atoms with Crippen molar-refractivity contribution >= 4 is 29.3 Å². The molecular weight excluding hydrogens is 420 g/mol. The van der Waals surface area contributed by atoms with Crippen LogP contribution < -0.4 is 4.90 Å². The zero-order valence-electron chi connectivity index (χ0n) is 18.7. The zero-order valence-corrected chi connectivity index (χ0v) is 18.7. The third-order valence-corrected chi connectivity index (χ3v) is 6.56. The molecule has 2 fully saturated rings. The molecule has 0 aromatic heterocycles. The van der Waals surface area contributed by atoms with E-state index in [9.17, 15) is 19.2 Å². The van der Waals surface area contributed by atoms with Crippen LogP contribution in [0, 0.1) is 0 Å². The van der Waals surface area contributed by atoms with Gasteiger partial charge in [-0.3, -0.25) is 19.3 Å². The van der Waals surface area contributed by atoms with Crippen molar-refractivity contribution in [3.05, 3.63) is 65.7 Å². The number of carbonyl (C=O) groups excluding carboxylic acids is 4. The lowest BCUT2D eigenvalue weighted by atomic mass is 9.93. The second kappa shape index (κ2) is 10.1. The van der Waals surface area contributed by atoms with Crippen LogP contribution in [0.3, 0.4) is 0 Å². The summed E-state index contributed by atoms with van der Waals surface area (Å²) < 4.78 is 5.12. The standard InChI is InChI=1S/C26H28N2O5/c1-27(20-10-6-3-7-11-20)22-16-24(30)28(25(22)31)21-14-12-19(13-15-21)26(32)33-17-23(29)18-8-4-2-5-9-18/h2,4-5,8-9,12-15,20,22H,3,6-7,10-11,16-17H2,1H3. The van der Waals surface area contributed by atoms with Crippen LogP contribution in [0.5, 0.6) is 0 Å². The normalized spacial score (nSPS) is 19.2. The fraction of sp³-hybridized carbons (Fsp3) is 0.385. The van der Waals surface area contributed by atoms with Gasteiger partial charge < -0.3 is 4.74 Å². The number of amides is 2. The number of hydrogen-bond acceptors (Lipinski definition) is 6. The van der Waals surface area contributed by atoms with E-state index in [0.29, 0.717) is 17.3 Å². The topological polar surface area (TPSA) is 84.0 Å². The van der Waals surface area contributed by atoms with Gasteiger partial charge in [-0.15, -0.1) is 0 Å². The van der Waals surface area contributed by atoms with Crippen molar-refractivity contribution in [2.45, 2.75) is 50.6 Å². The van der Waals surface area contributed by atoms with Crippen LogP contribution in [-0.4, -0.2) is 54.2 Å². The second-order valence-electron chi connectivity index (χ2n) is 8.66. The van der Waals surface area contributed by atoms with E-state index in [0.717, 1.165) is 25.7 Å². The van der Waals surface area contributed by atoms with Gasteiger partial charge in [0.1, 0.15) is 0 Å². The summed E-state index contributed by atoms with van der Waals surface area (Å²) in [6.07, 6.45) is 5.81. The van der Waals surface area contributed by atoms with E-state index < -0.39 is 12.0 Å². The van der Waals surface area contributed by atoms with Crippen molar-refractivity contribution in [1.29, 1.82) is 0 Å². The Morgan fingerprint density at radius 3 is 2.27 bits per heavy atom. The monoisotopic (exact) mass is 448 g/mol. The Bertz CT molecular complexity index is 1030. The second-order valence-corrected chi connectivity index (χ2v) is 8.66. The molecule has 1 heterocycles. The Morgan fingerprint density at radius 2 is 1.61 bits per heavy atom. The lowest BCUT2D eigenvalue weighted by Gasteiger charge is -2.34. The summed E-state index contributed by atoms with van der Waals surface area (Å²) >= 11 is 0. The SMILES string of the molecule is CN(C1CCCCC1)C1CC(=O)N(c2ccc(C(=O)OCC(=O)c3ccccc3)cc2)C1=O. The molecule has 0 N–H and O–H groups in total. The van der Waals surface area contributed by atoms with Gasteiger partial charge in [-0.1, -0.05) is 49.6 Å². The van der Waals surface area contributed by atoms with Crippen LogP contribution in [0.4, 0.5) is 5.69 Å². The fourth-order valence-corrected chi connectivity index (χ4v) is 4.62. The maximum Gasteiger partial charge on any atom is 0.338 e. The maximum absolute atomic E-state index is 13.1. The van der Waals surface area contributed by atoms with Crippen LogP contribution >= 0.6 is 0 Å². The number of benzene rings is 2. The largest absolute Gasteiger partial charge is 0.454 e. The number of Topliss-reactive ketones (excluding diaryl/α,β-unsaturated/α-hetero) is 1. The minimum absolute atomic E-state index is 0.164. The Hall–Kier alpha value is -3.32. The number of rotatable bonds is 7. The van der Waals surface area contributed by atoms with E-state index in [-0.39, 0.29) is 36.2 Å². The first kappa shape index (κ1) is 22.9. The summed E-state index contributed by atoms with van der Waals surface area (Å²) in [6, 6.07) is 14.6. The van der Waals surface area contributed by atoms with Crippen molar-refractivity contribution in [3.63, 3.8) is 0 Å². The van der Waals surface area contributed by atoms with Crippen molar-refractivity contribution in [1.82, 2.24) is 4.90 Å². The van der Waals surface area contributed by atoms with Crippen molar-refractivity contribution in [2.24, 2.45) is 0 Å². The van der Waals surface area contributed by atoms with Gasteiger partial charge in [-0.05, 0) is 44.2 Å². The first-order valence-corrected chi connectivity index (χ1v) is 11.4. The third-order valence-electron chi connectivity index (χ3n) is 6.56. The average Bonchev–Trinajstić information content (AvgIpc) is 3.16. The average molecular weight is 449 g/mol. The highest BCUT2D eigenvalue weighted by Crippen LogP contribution is 2.30. The molecule has 2 aromatic carbocycles. The van der Waals surface area contributed by atoms with E-state index in [2.05, 4.69) is 4.90 Å². The van der Waals surface area contributed by atoms with Gasteiger partial charge in [0.15, 0.2) is 12.4 Å². The molecular formula is C26H28N2O5. The predicted octanol–water partition coefficient (Wildman–Crippen LogP) is 3.62. The highest BCUT2D eigenvalue weighted by Gasteiger charge is 2.43. The van der Waals surface area contributed by atoms with Crippen LogP contribution in [0.2, 0.25) is 0 Å². The molecule has 4 rings (SSSR count). The fourth-order valence-electron chi connectivity index (χ4n) is 4.62. The Labute approximate surface area is 193 Å². The molecule has 0 spiro atoms. The van der Waals surface area contributed by atoms with E-state index in [1.165, 1.54) is 23.5 Å². The van der Waals surface area contributed by atoms with Crippen molar-refractivity contribution < 1.29 is 23.9 Å². The lowest BCUT2D eigenvalue weighted by molar-refractivity contribution is -0.123. The molecule has 2 aliphatic rings. The molecule has 33 heavy (non-hydrogen) atoms. The molecule has 0 radical (unpaired) electrons. The van der Waals surface area contributed by atoms with E-state index >= 15 is 0 Å². The highest BCUT2D eigenvalue weighted by molar-refractivity contribution is 6.22. The molecule has 1 aliphatic carbocycles. The number of ether oxygens (including phenoxy) is 1. The molecule has 1 unspecified atom stereocenters. The molecule has 1 saturated heterocycles. The van der Waals surface area contributed by atoms with Crippen LogP contribution in [0.1, 0.15) is 59.2 Å². The molecule has 2 amide bonds. The maximum atomic E-state index is 13.1. The molecule has 172 valence electrons. The van der Waals surface area contributed by atoms with Crippen molar-refractivity contribution in [3.8, 4) is 0 Å². The Morgan fingerprint density at radius 1 is 0.939 bits per heavy atom. The summed E-state index contributed by atoms with van der Waals surface area (Å²) in [5, 5.41) is 0. The number of anilines is 1. The molecule has 0 bridgehead atoms. The molecule has 1 aliphatic heterocycles. The summed E-state index contributed by atoms with van der Waals surface area (Å²) in [7, 11) is 1.94. The van der Waals surface area contributed by atoms with Crippen LogP contribution in [0.25, 0.3) is 0 Å². The number of nitrogens with zero attached hydrogens (tertiary/aromatic N) is 2. The first-order valence-electron chi connectivity index (χ1n) is 11.4. The van der Waals surface area contributed by atoms with Gasteiger partial charge in [-0.2, -0.15) is 0 Å². The van der Waals surface area contributed by atoms with E-state index in [1.54, 1.807) is 42.5 Å². The van der Waals surface area contributed by atoms with E-state index in [4.69, 9.17) is 4.74 Å². The highest BCUT2D eigenvalue weighted by atomic mass is 16.5. The van der Waals surface area contributed by atoms with Crippen molar-refractivity contribution in [2.75, 3.05) is 18.6 Å². The number of likely N-dealkylation sites (N-methyl/N-ethyl adjacent to an activating group) is 1. The summed E-state index contributed by atoms with van der Waals surface area (Å²) in [5.41, 5.74) is 1.15. The first-order chi connectivity index (χ1) is 16.0. The third kappa shape index (κ3) is 5.03. The zero-order chi connectivity index (χ0) is 23.4.